The van der Waals surface area contributed by atoms with Gasteiger partial charge in [0, 0.05) is 37.9 Å². The lowest BCUT2D eigenvalue weighted by atomic mass is 9.96. The average Bonchev–Trinajstić information content (AvgIpc) is 3.49. The number of anilines is 1. The molecular formula is C21H26N4O. The Morgan fingerprint density at radius 1 is 1.15 bits per heavy atom. The van der Waals surface area contributed by atoms with E-state index in [0.29, 0.717) is 23.7 Å². The summed E-state index contributed by atoms with van der Waals surface area (Å²) in [5.74, 6) is 2.26. The number of likely N-dealkylation sites (tertiary alicyclic amines) is 1. The van der Waals surface area contributed by atoms with Crippen LogP contribution in [0.5, 0.6) is 0 Å². The minimum Gasteiger partial charge on any atom is -0.354 e. The van der Waals surface area contributed by atoms with E-state index >= 15 is 0 Å². The third-order valence-corrected chi connectivity index (χ3v) is 5.59. The van der Waals surface area contributed by atoms with Gasteiger partial charge in [-0.2, -0.15) is 0 Å². The highest BCUT2D eigenvalue weighted by molar-refractivity contribution is 5.83. The zero-order chi connectivity index (χ0) is 17.9. The van der Waals surface area contributed by atoms with Gasteiger partial charge in [0.25, 0.3) is 0 Å². The summed E-state index contributed by atoms with van der Waals surface area (Å²) < 4.78 is 0. The SMILES string of the molecule is Cc1cnc(NCC2CCN(C(=O)C3CC3c3ccccc3)CC2)nc1. The first-order valence-corrected chi connectivity index (χ1v) is 9.57. The van der Waals surface area contributed by atoms with Crippen molar-refractivity contribution in [2.75, 3.05) is 25.0 Å². The molecule has 136 valence electrons. The van der Waals surface area contributed by atoms with Crippen molar-refractivity contribution in [2.45, 2.75) is 32.1 Å². The quantitative estimate of drug-likeness (QED) is 0.899. The van der Waals surface area contributed by atoms with Crippen molar-refractivity contribution < 1.29 is 4.79 Å². The summed E-state index contributed by atoms with van der Waals surface area (Å²) in [6.07, 6.45) is 6.76. The molecule has 1 aromatic heterocycles. The van der Waals surface area contributed by atoms with Crippen LogP contribution in [0.15, 0.2) is 42.7 Å². The van der Waals surface area contributed by atoms with Crippen molar-refractivity contribution in [3.63, 3.8) is 0 Å². The normalized spacial score (nSPS) is 22.9. The average molecular weight is 350 g/mol. The summed E-state index contributed by atoms with van der Waals surface area (Å²) in [5.41, 5.74) is 2.37. The molecule has 1 aromatic carbocycles. The van der Waals surface area contributed by atoms with Gasteiger partial charge in [0.1, 0.15) is 0 Å². The van der Waals surface area contributed by atoms with Gasteiger partial charge in [-0.25, -0.2) is 9.97 Å². The van der Waals surface area contributed by atoms with Crippen LogP contribution in [0.25, 0.3) is 0 Å². The molecule has 2 fully saturated rings. The van der Waals surface area contributed by atoms with E-state index in [1.807, 2.05) is 25.4 Å². The Morgan fingerprint density at radius 2 is 1.85 bits per heavy atom. The van der Waals surface area contributed by atoms with Gasteiger partial charge in [-0.05, 0) is 49.1 Å². The highest BCUT2D eigenvalue weighted by atomic mass is 16.2. The van der Waals surface area contributed by atoms with E-state index in [9.17, 15) is 4.79 Å². The molecule has 1 N–H and O–H groups in total. The van der Waals surface area contributed by atoms with Crippen LogP contribution in [0.4, 0.5) is 5.95 Å². The van der Waals surface area contributed by atoms with E-state index in [1.54, 1.807) is 0 Å². The smallest absolute Gasteiger partial charge is 0.226 e. The van der Waals surface area contributed by atoms with Crippen molar-refractivity contribution in [1.29, 1.82) is 0 Å². The molecule has 26 heavy (non-hydrogen) atoms. The molecule has 2 unspecified atom stereocenters. The van der Waals surface area contributed by atoms with Gasteiger partial charge < -0.3 is 10.2 Å². The van der Waals surface area contributed by atoms with E-state index in [0.717, 1.165) is 44.5 Å². The maximum Gasteiger partial charge on any atom is 0.226 e. The topological polar surface area (TPSA) is 58.1 Å². The molecule has 2 aliphatic rings. The number of carbonyl (C=O) groups is 1. The summed E-state index contributed by atoms with van der Waals surface area (Å²) in [5, 5.41) is 3.32. The van der Waals surface area contributed by atoms with Gasteiger partial charge in [-0.3, -0.25) is 4.79 Å². The minimum absolute atomic E-state index is 0.202. The van der Waals surface area contributed by atoms with Gasteiger partial charge in [-0.15, -0.1) is 0 Å². The third kappa shape index (κ3) is 3.87. The molecule has 1 aliphatic heterocycles. The first-order chi connectivity index (χ1) is 12.7. The van der Waals surface area contributed by atoms with Gasteiger partial charge in [-0.1, -0.05) is 30.3 Å². The molecule has 4 rings (SSSR count). The summed E-state index contributed by atoms with van der Waals surface area (Å²) in [4.78, 5) is 23.4. The summed E-state index contributed by atoms with van der Waals surface area (Å²) in [7, 11) is 0. The monoisotopic (exact) mass is 350 g/mol. The fraction of sp³-hybridized carbons (Fsp3) is 0.476. The minimum atomic E-state index is 0.202. The number of nitrogens with one attached hydrogen (secondary N) is 1. The lowest BCUT2D eigenvalue weighted by molar-refractivity contribution is -0.134. The molecule has 5 heteroatoms. The van der Waals surface area contributed by atoms with Gasteiger partial charge in [0.05, 0.1) is 0 Å². The first kappa shape index (κ1) is 17.0. The van der Waals surface area contributed by atoms with Crippen LogP contribution >= 0.6 is 0 Å². The van der Waals surface area contributed by atoms with Gasteiger partial charge >= 0.3 is 0 Å². The van der Waals surface area contributed by atoms with E-state index in [2.05, 4.69) is 44.5 Å². The number of hydrogen-bond acceptors (Lipinski definition) is 4. The second kappa shape index (κ2) is 7.44. The maximum absolute atomic E-state index is 12.8. The molecular weight excluding hydrogens is 324 g/mol. The van der Waals surface area contributed by atoms with Crippen LogP contribution < -0.4 is 5.32 Å². The number of rotatable bonds is 5. The molecule has 1 amide bonds. The van der Waals surface area contributed by atoms with Crippen molar-refractivity contribution in [2.24, 2.45) is 11.8 Å². The van der Waals surface area contributed by atoms with E-state index < -0.39 is 0 Å². The predicted octanol–water partition coefficient (Wildman–Crippen LogP) is 3.24. The predicted molar refractivity (Wildman–Crippen MR) is 102 cm³/mol. The van der Waals surface area contributed by atoms with E-state index in [1.165, 1.54) is 5.56 Å². The molecule has 1 aliphatic carbocycles. The maximum atomic E-state index is 12.8. The Labute approximate surface area is 154 Å². The molecule has 2 aromatic rings. The number of piperidine rings is 1. The lowest BCUT2D eigenvalue weighted by Crippen LogP contribution is -2.40. The Hall–Kier alpha value is -2.43. The zero-order valence-electron chi connectivity index (χ0n) is 15.3. The van der Waals surface area contributed by atoms with Crippen molar-refractivity contribution in [3.8, 4) is 0 Å². The zero-order valence-corrected chi connectivity index (χ0v) is 15.3. The number of aromatic nitrogens is 2. The Morgan fingerprint density at radius 3 is 2.54 bits per heavy atom. The number of aryl methyl sites for hydroxylation is 1. The third-order valence-electron chi connectivity index (χ3n) is 5.59. The highest BCUT2D eigenvalue weighted by Crippen LogP contribution is 2.48. The number of nitrogens with zero attached hydrogens (tertiary/aromatic N) is 3. The molecule has 0 radical (unpaired) electrons. The Balaban J connectivity index is 1.22. The lowest BCUT2D eigenvalue weighted by Gasteiger charge is -2.32. The molecule has 0 bridgehead atoms. The standard InChI is InChI=1S/C21H26N4O/c1-15-12-22-21(23-13-15)24-14-16-7-9-25(10-8-16)20(26)19-11-18(19)17-5-3-2-4-6-17/h2-6,12-13,16,18-19H,7-11,14H2,1H3,(H,22,23,24). The highest BCUT2D eigenvalue weighted by Gasteiger charge is 2.45. The van der Waals surface area contributed by atoms with Crippen LogP contribution in [0.3, 0.4) is 0 Å². The molecule has 2 atom stereocenters. The van der Waals surface area contributed by atoms with Crippen LogP contribution in [0.1, 0.15) is 36.3 Å². The molecule has 1 saturated heterocycles. The molecule has 0 spiro atoms. The second-order valence-corrected chi connectivity index (χ2v) is 7.59. The molecule has 1 saturated carbocycles. The Kier molecular flexibility index (Phi) is 4.87. The fourth-order valence-corrected chi connectivity index (χ4v) is 3.85. The number of hydrogen-bond donors (Lipinski definition) is 1. The number of carbonyl (C=O) groups excluding carboxylic acids is 1. The van der Waals surface area contributed by atoms with Crippen molar-refractivity contribution in [3.05, 3.63) is 53.9 Å². The Bertz CT molecular complexity index is 738. The van der Waals surface area contributed by atoms with Crippen LogP contribution in [-0.4, -0.2) is 40.4 Å². The number of amides is 1. The summed E-state index contributed by atoms with van der Waals surface area (Å²) >= 11 is 0. The van der Waals surface area contributed by atoms with Crippen LogP contribution in [-0.2, 0) is 4.79 Å². The summed E-state index contributed by atoms with van der Waals surface area (Å²) in [6.45, 7) is 4.61. The number of benzene rings is 1. The van der Waals surface area contributed by atoms with Crippen molar-refractivity contribution >= 4 is 11.9 Å². The largest absolute Gasteiger partial charge is 0.354 e. The molecule has 2 heterocycles. The molecule has 5 nitrogen and oxygen atoms in total. The van der Waals surface area contributed by atoms with E-state index in [-0.39, 0.29) is 5.92 Å². The van der Waals surface area contributed by atoms with Gasteiger partial charge in [0.2, 0.25) is 11.9 Å². The van der Waals surface area contributed by atoms with Gasteiger partial charge in [0.15, 0.2) is 0 Å². The van der Waals surface area contributed by atoms with Crippen LogP contribution in [0, 0.1) is 18.8 Å². The van der Waals surface area contributed by atoms with Crippen molar-refractivity contribution in [1.82, 2.24) is 14.9 Å². The summed E-state index contributed by atoms with van der Waals surface area (Å²) in [6, 6.07) is 10.4. The first-order valence-electron chi connectivity index (χ1n) is 9.57. The van der Waals surface area contributed by atoms with Crippen LogP contribution in [0.2, 0.25) is 0 Å². The van der Waals surface area contributed by atoms with E-state index in [4.69, 9.17) is 0 Å². The second-order valence-electron chi connectivity index (χ2n) is 7.59. The fourth-order valence-electron chi connectivity index (χ4n) is 3.85.